The number of aryl methyl sites for hydroxylation is 2. The first-order valence-electron chi connectivity index (χ1n) is 9.02. The number of carbonyl (C=O) groups excluding carboxylic acids is 2. The van der Waals surface area contributed by atoms with Gasteiger partial charge in [-0.25, -0.2) is 4.98 Å². The predicted octanol–water partition coefficient (Wildman–Crippen LogP) is 2.08. The molecule has 0 saturated carbocycles. The molecule has 3 aromatic heterocycles. The molecule has 2 amide bonds. The number of aromatic nitrogens is 5. The van der Waals surface area contributed by atoms with Crippen LogP contribution < -0.4 is 10.6 Å². The summed E-state index contributed by atoms with van der Waals surface area (Å²) in [6, 6.07) is 6.95. The average molecular weight is 471 g/mol. The molecule has 1 aromatic carbocycles. The molecule has 0 aliphatic heterocycles. The van der Waals surface area contributed by atoms with E-state index < -0.39 is 33.3 Å². The van der Waals surface area contributed by atoms with Crippen molar-refractivity contribution in [2.75, 3.05) is 10.6 Å². The molecule has 0 bridgehead atoms. The summed E-state index contributed by atoms with van der Waals surface area (Å²) in [6.45, 7) is 0. The number of rotatable bonds is 6. The van der Waals surface area contributed by atoms with E-state index in [4.69, 9.17) is 0 Å². The summed E-state index contributed by atoms with van der Waals surface area (Å²) in [5.74, 6) is -2.11. The third-order valence-electron chi connectivity index (χ3n) is 4.44. The molecule has 0 unspecified atom stereocenters. The molecule has 15 nitrogen and oxygen atoms in total. The maximum Gasteiger partial charge on any atom is 0.390 e. The monoisotopic (exact) mass is 471 g/mol. The van der Waals surface area contributed by atoms with Crippen molar-refractivity contribution in [3.8, 4) is 0 Å². The van der Waals surface area contributed by atoms with Gasteiger partial charge in [-0.3, -0.25) is 14.9 Å². The average Bonchev–Trinajstić information content (AvgIpc) is 3.43. The number of nitrogens with one attached hydrogen (secondary N) is 2. The molecule has 2 N–H and O–H groups in total. The highest BCUT2D eigenvalue weighted by molar-refractivity contribution is 7.22. The Kier molecular flexibility index (Phi) is 5.26. The van der Waals surface area contributed by atoms with E-state index in [9.17, 15) is 29.8 Å². The Morgan fingerprint density at radius 1 is 0.909 bits per heavy atom. The van der Waals surface area contributed by atoms with Gasteiger partial charge in [0.05, 0.1) is 46.6 Å². The van der Waals surface area contributed by atoms with E-state index in [2.05, 4.69) is 25.8 Å². The highest BCUT2D eigenvalue weighted by Crippen LogP contribution is 2.29. The molecular formula is C17H13N9O6S. The van der Waals surface area contributed by atoms with E-state index in [-0.39, 0.29) is 16.5 Å². The first kappa shape index (κ1) is 21.5. The van der Waals surface area contributed by atoms with E-state index in [0.29, 0.717) is 15.9 Å². The Morgan fingerprint density at radius 2 is 1.45 bits per heavy atom. The van der Waals surface area contributed by atoms with Gasteiger partial charge in [0.15, 0.2) is 16.5 Å². The lowest BCUT2D eigenvalue weighted by atomic mass is 10.3. The van der Waals surface area contributed by atoms with E-state index in [0.717, 1.165) is 32.8 Å². The van der Waals surface area contributed by atoms with Crippen LogP contribution in [0.2, 0.25) is 0 Å². The highest BCUT2D eigenvalue weighted by atomic mass is 32.1. The third-order valence-corrected chi connectivity index (χ3v) is 5.37. The number of nitrogens with zero attached hydrogens (tertiary/aromatic N) is 7. The molecule has 3 heterocycles. The van der Waals surface area contributed by atoms with Gasteiger partial charge >= 0.3 is 11.6 Å². The van der Waals surface area contributed by atoms with E-state index in [1.807, 2.05) is 0 Å². The lowest BCUT2D eigenvalue weighted by Crippen LogP contribution is -2.15. The van der Waals surface area contributed by atoms with Gasteiger partial charge < -0.3 is 25.5 Å². The van der Waals surface area contributed by atoms with Crippen molar-refractivity contribution < 1.29 is 19.4 Å². The molecule has 0 spiro atoms. The van der Waals surface area contributed by atoms with Crippen molar-refractivity contribution in [2.45, 2.75) is 0 Å². The number of nitro groups is 2. The molecule has 0 aliphatic carbocycles. The second kappa shape index (κ2) is 8.08. The SMILES string of the molecule is Cn1nc([N+](=O)[O-])cc1C(=O)Nc1ccc2nc(NC(=O)c3cc([N+](=O)[O-])nn3C)sc2c1. The summed E-state index contributed by atoms with van der Waals surface area (Å²) < 4.78 is 2.84. The van der Waals surface area contributed by atoms with Crippen molar-refractivity contribution in [3.05, 3.63) is 61.9 Å². The second-order valence-electron chi connectivity index (χ2n) is 6.65. The van der Waals surface area contributed by atoms with E-state index in [1.165, 1.54) is 14.1 Å². The van der Waals surface area contributed by atoms with Crippen molar-refractivity contribution in [1.29, 1.82) is 0 Å². The van der Waals surface area contributed by atoms with Gasteiger partial charge in [-0.05, 0) is 28.0 Å². The largest absolute Gasteiger partial charge is 0.390 e. The van der Waals surface area contributed by atoms with Crippen LogP contribution in [0.1, 0.15) is 21.0 Å². The van der Waals surface area contributed by atoms with Crippen molar-refractivity contribution in [3.63, 3.8) is 0 Å². The molecule has 33 heavy (non-hydrogen) atoms. The topological polar surface area (TPSA) is 193 Å². The molecule has 4 rings (SSSR count). The lowest BCUT2D eigenvalue weighted by molar-refractivity contribution is -0.389. The smallest absolute Gasteiger partial charge is 0.358 e. The maximum atomic E-state index is 12.5. The fraction of sp³-hybridized carbons (Fsp3) is 0.118. The Hall–Kier alpha value is -4.73. The van der Waals surface area contributed by atoms with Gasteiger partial charge in [-0.2, -0.15) is 9.36 Å². The second-order valence-corrected chi connectivity index (χ2v) is 7.68. The van der Waals surface area contributed by atoms with Crippen molar-refractivity contribution in [1.82, 2.24) is 24.5 Å². The van der Waals surface area contributed by atoms with Crippen LogP contribution in [0.4, 0.5) is 22.5 Å². The number of thiazole rings is 1. The fourth-order valence-electron chi connectivity index (χ4n) is 2.92. The van der Waals surface area contributed by atoms with Crippen LogP contribution in [0.25, 0.3) is 10.2 Å². The summed E-state index contributed by atoms with van der Waals surface area (Å²) in [6.07, 6.45) is 0. The Labute approximate surface area is 186 Å². The Balaban J connectivity index is 1.52. The molecule has 4 aromatic rings. The van der Waals surface area contributed by atoms with Crippen LogP contribution in [0, 0.1) is 20.2 Å². The van der Waals surface area contributed by atoms with Gasteiger partial charge in [-0.15, -0.1) is 0 Å². The van der Waals surface area contributed by atoms with Crippen LogP contribution in [0.15, 0.2) is 30.3 Å². The minimum absolute atomic E-state index is 0.00400. The lowest BCUT2D eigenvalue weighted by Gasteiger charge is -2.03. The van der Waals surface area contributed by atoms with E-state index in [1.54, 1.807) is 18.2 Å². The predicted molar refractivity (Wildman–Crippen MR) is 115 cm³/mol. The van der Waals surface area contributed by atoms with Crippen LogP contribution in [-0.4, -0.2) is 46.2 Å². The number of fused-ring (bicyclic) bond motifs is 1. The molecule has 0 saturated heterocycles. The van der Waals surface area contributed by atoms with Gasteiger partial charge in [-0.1, -0.05) is 11.3 Å². The molecule has 0 radical (unpaired) electrons. The van der Waals surface area contributed by atoms with Gasteiger partial charge in [0.25, 0.3) is 11.8 Å². The summed E-state index contributed by atoms with van der Waals surface area (Å²) in [4.78, 5) is 49.5. The zero-order valence-electron chi connectivity index (χ0n) is 16.9. The Bertz CT molecular complexity index is 1380. The number of anilines is 2. The molecule has 168 valence electrons. The zero-order chi connectivity index (χ0) is 23.9. The molecule has 16 heteroatoms. The molecule has 0 atom stereocenters. The highest BCUT2D eigenvalue weighted by Gasteiger charge is 2.23. The number of hydrogen-bond acceptors (Lipinski definition) is 10. The van der Waals surface area contributed by atoms with Crippen LogP contribution in [0.5, 0.6) is 0 Å². The minimum atomic E-state index is -0.700. The number of amides is 2. The van der Waals surface area contributed by atoms with Gasteiger partial charge in [0.2, 0.25) is 0 Å². The van der Waals surface area contributed by atoms with Gasteiger partial charge in [0.1, 0.15) is 0 Å². The Morgan fingerprint density at radius 3 is 1.97 bits per heavy atom. The maximum absolute atomic E-state index is 12.5. The number of hydrogen-bond donors (Lipinski definition) is 2. The van der Waals surface area contributed by atoms with Crippen LogP contribution >= 0.6 is 11.3 Å². The fourth-order valence-corrected chi connectivity index (χ4v) is 3.82. The van der Waals surface area contributed by atoms with Crippen molar-refractivity contribution in [2.24, 2.45) is 14.1 Å². The first-order chi connectivity index (χ1) is 15.6. The number of benzene rings is 1. The quantitative estimate of drug-likeness (QED) is 0.313. The molecule has 0 aliphatic rings. The summed E-state index contributed by atoms with van der Waals surface area (Å²) in [7, 11) is 2.83. The normalized spacial score (nSPS) is 10.8. The standard InChI is InChI=1S/C17H13N9O6S/c1-23-10(6-13(21-23)25(29)30)15(27)18-8-3-4-9-12(5-8)33-17(19-9)20-16(28)11-7-14(26(31)32)22-24(11)2/h3-7H,1-2H3,(H,18,27)(H,19,20,28). The minimum Gasteiger partial charge on any atom is -0.358 e. The molecule has 0 fully saturated rings. The van der Waals surface area contributed by atoms with Crippen LogP contribution in [0.3, 0.4) is 0 Å². The van der Waals surface area contributed by atoms with E-state index >= 15 is 0 Å². The van der Waals surface area contributed by atoms with Crippen molar-refractivity contribution >= 4 is 55.8 Å². The number of carbonyl (C=O) groups is 2. The molecular weight excluding hydrogens is 458 g/mol. The van der Waals surface area contributed by atoms with Gasteiger partial charge in [0, 0.05) is 5.69 Å². The zero-order valence-corrected chi connectivity index (χ0v) is 17.7. The van der Waals surface area contributed by atoms with Crippen LogP contribution in [-0.2, 0) is 14.1 Å². The first-order valence-corrected chi connectivity index (χ1v) is 9.84. The summed E-state index contributed by atoms with van der Waals surface area (Å²) in [5.41, 5.74) is 0.934. The summed E-state index contributed by atoms with van der Waals surface area (Å²) in [5, 5.41) is 34.4. The summed E-state index contributed by atoms with van der Waals surface area (Å²) >= 11 is 1.12. The third kappa shape index (κ3) is 4.22.